The van der Waals surface area contributed by atoms with Crippen LogP contribution in [0.1, 0.15) is 25.7 Å². The van der Waals surface area contributed by atoms with Gasteiger partial charge in [-0.25, -0.2) is 9.38 Å². The average Bonchev–Trinajstić information content (AvgIpc) is 2.57. The normalized spacial score (nSPS) is 22.0. The van der Waals surface area contributed by atoms with E-state index in [1.165, 1.54) is 30.5 Å². The Morgan fingerprint density at radius 2 is 1.92 bits per heavy atom. The monoisotopic (exact) mass is 331 g/mol. The number of carbonyl (C=O) groups excluding carboxylic acids is 1. The summed E-state index contributed by atoms with van der Waals surface area (Å²) in [5, 5.41) is 3.16. The molecule has 5 N–H and O–H groups in total. The van der Waals surface area contributed by atoms with Gasteiger partial charge in [-0.2, -0.15) is 0 Å². The summed E-state index contributed by atoms with van der Waals surface area (Å²) in [5.74, 6) is -1.09. The maximum atomic E-state index is 12.9. The minimum atomic E-state index is -0.690. The lowest BCUT2D eigenvalue weighted by atomic mass is 9.91. The molecule has 0 aromatic heterocycles. The molecular weight excluding hydrogens is 309 g/mol. The zero-order valence-corrected chi connectivity index (χ0v) is 13.4. The molecular formula is C17H22FN5O. The van der Waals surface area contributed by atoms with Crippen LogP contribution in [0.5, 0.6) is 0 Å². The second-order valence-corrected chi connectivity index (χ2v) is 5.70. The van der Waals surface area contributed by atoms with Gasteiger partial charge >= 0.3 is 0 Å². The predicted octanol–water partition coefficient (Wildman–Crippen LogP) is 1.79. The van der Waals surface area contributed by atoms with Crippen molar-refractivity contribution in [1.82, 2.24) is 5.32 Å². The summed E-state index contributed by atoms with van der Waals surface area (Å²) in [6.45, 7) is 3.61. The first-order valence-corrected chi connectivity index (χ1v) is 7.83. The molecule has 0 saturated heterocycles. The van der Waals surface area contributed by atoms with Gasteiger partial charge in [-0.3, -0.25) is 9.79 Å². The molecule has 0 unspecified atom stereocenters. The van der Waals surface area contributed by atoms with Gasteiger partial charge in [0.25, 0.3) is 5.91 Å². The first-order chi connectivity index (χ1) is 11.5. The van der Waals surface area contributed by atoms with E-state index in [1.807, 2.05) is 0 Å². The second kappa shape index (κ2) is 8.24. The topological polar surface area (TPSA) is 106 Å². The molecule has 0 heterocycles. The molecule has 1 aromatic rings. The molecule has 0 aliphatic heterocycles. The number of halogens is 1. The summed E-state index contributed by atoms with van der Waals surface area (Å²) in [7, 11) is 0. The Balaban J connectivity index is 2.16. The molecule has 24 heavy (non-hydrogen) atoms. The number of hydrogen-bond donors (Lipinski definition) is 3. The third-order valence-electron chi connectivity index (χ3n) is 4.02. The molecule has 1 aliphatic rings. The molecule has 6 nitrogen and oxygen atoms in total. The van der Waals surface area contributed by atoms with E-state index >= 15 is 0 Å². The average molecular weight is 331 g/mol. The van der Waals surface area contributed by atoms with E-state index in [4.69, 9.17) is 11.5 Å². The van der Waals surface area contributed by atoms with Crippen LogP contribution < -0.4 is 16.8 Å². The molecule has 1 aromatic carbocycles. The number of benzene rings is 1. The number of nitrogens with one attached hydrogen (secondary N) is 1. The van der Waals surface area contributed by atoms with Gasteiger partial charge in [0.05, 0.1) is 17.3 Å². The number of carbonyl (C=O) groups is 1. The zero-order chi connectivity index (χ0) is 17.5. The molecule has 128 valence electrons. The molecule has 2 rings (SSSR count). The molecule has 0 spiro atoms. The maximum absolute atomic E-state index is 12.9. The largest absolute Gasteiger partial charge is 0.385 e. The summed E-state index contributed by atoms with van der Waals surface area (Å²) >= 11 is 0. The fourth-order valence-electron chi connectivity index (χ4n) is 2.70. The Labute approximate surface area is 140 Å². The summed E-state index contributed by atoms with van der Waals surface area (Å²) < 4.78 is 12.9. The Morgan fingerprint density at radius 3 is 2.54 bits per heavy atom. The highest BCUT2D eigenvalue weighted by Gasteiger charge is 2.23. The molecule has 1 aliphatic carbocycles. The lowest BCUT2D eigenvalue weighted by Gasteiger charge is -2.28. The van der Waals surface area contributed by atoms with Crippen molar-refractivity contribution in [2.45, 2.75) is 37.8 Å². The van der Waals surface area contributed by atoms with Crippen LogP contribution >= 0.6 is 0 Å². The zero-order valence-electron chi connectivity index (χ0n) is 13.4. The quantitative estimate of drug-likeness (QED) is 0.420. The van der Waals surface area contributed by atoms with Crippen molar-refractivity contribution in [3.8, 4) is 0 Å². The smallest absolute Gasteiger partial charge is 0.253 e. The Kier molecular flexibility index (Phi) is 6.06. The van der Waals surface area contributed by atoms with Crippen LogP contribution in [0, 0.1) is 5.82 Å². The van der Waals surface area contributed by atoms with E-state index < -0.39 is 5.91 Å². The van der Waals surface area contributed by atoms with Gasteiger partial charge in [0.1, 0.15) is 11.7 Å². The summed E-state index contributed by atoms with van der Waals surface area (Å²) in [6, 6.07) is 5.64. The highest BCUT2D eigenvalue weighted by molar-refractivity contribution is 6.20. The molecule has 0 radical (unpaired) electrons. The fourth-order valence-corrected chi connectivity index (χ4v) is 2.70. The number of rotatable bonds is 6. The van der Waals surface area contributed by atoms with Gasteiger partial charge in [-0.05, 0) is 43.8 Å². The number of hydrogen-bond acceptors (Lipinski definition) is 4. The minimum absolute atomic E-state index is 0.0273. The van der Waals surface area contributed by atoms with Gasteiger partial charge < -0.3 is 16.8 Å². The second-order valence-electron chi connectivity index (χ2n) is 5.70. The number of aliphatic imine (C=N–C) groups is 2. The van der Waals surface area contributed by atoms with Crippen LogP contribution in [-0.4, -0.2) is 30.5 Å². The molecule has 1 fully saturated rings. The van der Waals surface area contributed by atoms with Crippen molar-refractivity contribution in [2.24, 2.45) is 21.5 Å². The number of amides is 1. The highest BCUT2D eigenvalue weighted by atomic mass is 19.1. The van der Waals surface area contributed by atoms with Crippen molar-refractivity contribution in [1.29, 1.82) is 0 Å². The molecule has 7 heteroatoms. The van der Waals surface area contributed by atoms with Crippen LogP contribution in [0.4, 0.5) is 10.1 Å². The van der Waals surface area contributed by atoms with Crippen LogP contribution in [0.25, 0.3) is 0 Å². The van der Waals surface area contributed by atoms with Crippen molar-refractivity contribution in [2.75, 3.05) is 0 Å². The number of nitrogens with two attached hydrogens (primary N) is 2. The SMILES string of the molecule is C=N[C@H]1CCCC[C@@H]1N/C=C(/C(N)=O)C(N)=Nc1ccc(F)cc1. The van der Waals surface area contributed by atoms with Crippen molar-refractivity contribution < 1.29 is 9.18 Å². The fraction of sp³-hybridized carbons (Fsp3) is 0.353. The number of amidine groups is 1. The van der Waals surface area contributed by atoms with E-state index in [9.17, 15) is 9.18 Å². The van der Waals surface area contributed by atoms with Gasteiger partial charge in [0, 0.05) is 12.2 Å². The molecule has 2 atom stereocenters. The minimum Gasteiger partial charge on any atom is -0.385 e. The van der Waals surface area contributed by atoms with Crippen LogP contribution in [0.15, 0.2) is 46.0 Å². The van der Waals surface area contributed by atoms with E-state index in [0.717, 1.165) is 25.7 Å². The lowest BCUT2D eigenvalue weighted by molar-refractivity contribution is -0.114. The summed E-state index contributed by atoms with van der Waals surface area (Å²) in [5.41, 5.74) is 11.8. The number of primary amides is 1. The van der Waals surface area contributed by atoms with E-state index in [0.29, 0.717) is 5.69 Å². The first-order valence-electron chi connectivity index (χ1n) is 7.83. The van der Waals surface area contributed by atoms with Gasteiger partial charge in [0.2, 0.25) is 0 Å². The van der Waals surface area contributed by atoms with E-state index in [1.54, 1.807) is 0 Å². The Hall–Kier alpha value is -2.70. The highest BCUT2D eigenvalue weighted by Crippen LogP contribution is 2.21. The third kappa shape index (κ3) is 4.65. The van der Waals surface area contributed by atoms with Crippen molar-refractivity contribution in [3.05, 3.63) is 41.9 Å². The molecule has 0 bridgehead atoms. The Bertz CT molecular complexity index is 653. The van der Waals surface area contributed by atoms with Gasteiger partial charge in [-0.1, -0.05) is 12.8 Å². The Morgan fingerprint density at radius 1 is 1.25 bits per heavy atom. The predicted molar refractivity (Wildman–Crippen MR) is 93.7 cm³/mol. The first kappa shape index (κ1) is 17.7. The van der Waals surface area contributed by atoms with E-state index in [2.05, 4.69) is 22.0 Å². The van der Waals surface area contributed by atoms with Crippen molar-refractivity contribution in [3.63, 3.8) is 0 Å². The maximum Gasteiger partial charge on any atom is 0.253 e. The number of nitrogens with zero attached hydrogens (tertiary/aromatic N) is 2. The third-order valence-corrected chi connectivity index (χ3v) is 4.02. The van der Waals surface area contributed by atoms with Gasteiger partial charge in [0.15, 0.2) is 0 Å². The van der Waals surface area contributed by atoms with Crippen LogP contribution in [-0.2, 0) is 4.79 Å². The molecule has 1 amide bonds. The summed E-state index contributed by atoms with van der Waals surface area (Å²) in [4.78, 5) is 19.9. The van der Waals surface area contributed by atoms with E-state index in [-0.39, 0.29) is 29.3 Å². The molecule has 1 saturated carbocycles. The van der Waals surface area contributed by atoms with Crippen LogP contribution in [0.2, 0.25) is 0 Å². The summed E-state index contributed by atoms with van der Waals surface area (Å²) in [6.07, 6.45) is 5.57. The van der Waals surface area contributed by atoms with Crippen molar-refractivity contribution >= 4 is 24.1 Å². The van der Waals surface area contributed by atoms with Gasteiger partial charge in [-0.15, -0.1) is 0 Å². The lowest BCUT2D eigenvalue weighted by Crippen LogP contribution is -2.39. The van der Waals surface area contributed by atoms with Crippen LogP contribution in [0.3, 0.4) is 0 Å². The standard InChI is InChI=1S/C17H22FN5O/c1-21-14-4-2-3-5-15(14)22-10-13(17(20)24)16(19)23-12-8-6-11(18)7-9-12/h6-10,14-15,22H,1-5H2,(H2,19,23)(H2,20,24)/b13-10+/t14-,15-/m0/s1.